The number of aromatic nitrogens is 2. The Kier molecular flexibility index (Phi) is 2.27. The Morgan fingerprint density at radius 2 is 1.81 bits per heavy atom. The molecular weight excluding hydrogens is 264 g/mol. The summed E-state index contributed by atoms with van der Waals surface area (Å²) in [5.74, 6) is 0.314. The Morgan fingerprint density at radius 1 is 1.05 bits per heavy atom. The highest BCUT2D eigenvalue weighted by Crippen LogP contribution is 2.48. The number of rotatable bonds is 0. The predicted molar refractivity (Wildman–Crippen MR) is 82.9 cm³/mol. The molecule has 1 aliphatic carbocycles. The lowest BCUT2D eigenvalue weighted by Gasteiger charge is -2.12. The van der Waals surface area contributed by atoms with Crippen LogP contribution in [0.5, 0.6) is 11.8 Å². The van der Waals surface area contributed by atoms with Gasteiger partial charge in [-0.2, -0.15) is 0 Å². The fourth-order valence-electron chi connectivity index (χ4n) is 3.50. The number of aromatic hydroxyl groups is 2. The second kappa shape index (κ2) is 3.85. The number of hydrogen-bond acceptors (Lipinski definition) is 2. The second-order valence-corrected chi connectivity index (χ2v) is 5.97. The van der Waals surface area contributed by atoms with E-state index in [-0.39, 0.29) is 11.8 Å². The summed E-state index contributed by atoms with van der Waals surface area (Å²) in [7, 11) is 1.69. The van der Waals surface area contributed by atoms with Gasteiger partial charge in [0, 0.05) is 34.8 Å². The van der Waals surface area contributed by atoms with E-state index in [1.54, 1.807) is 7.05 Å². The van der Waals surface area contributed by atoms with Crippen LogP contribution < -0.4 is 0 Å². The fraction of sp³-hybridized carbons (Fsp3) is 0.294. The highest BCUT2D eigenvalue weighted by atomic mass is 16.3. The Balaban J connectivity index is 2.15. The third-order valence-electron chi connectivity index (χ3n) is 4.89. The zero-order chi connectivity index (χ0) is 14.9. The molecular formula is C17H18N2O2. The van der Waals surface area contributed by atoms with Gasteiger partial charge in [0.2, 0.25) is 5.88 Å². The van der Waals surface area contributed by atoms with Crippen molar-refractivity contribution >= 4 is 10.9 Å². The van der Waals surface area contributed by atoms with Crippen LogP contribution in [0.2, 0.25) is 0 Å². The highest BCUT2D eigenvalue weighted by Gasteiger charge is 2.30. The minimum absolute atomic E-state index is 0.141. The molecule has 108 valence electrons. The normalized spacial score (nSPS) is 13.5. The molecule has 3 aromatic rings. The number of H-pyrrole nitrogens is 1. The van der Waals surface area contributed by atoms with E-state index in [0.717, 1.165) is 46.1 Å². The molecule has 0 unspecified atom stereocenters. The molecule has 3 N–H and O–H groups in total. The molecule has 1 aliphatic rings. The molecule has 0 aliphatic heterocycles. The van der Waals surface area contributed by atoms with Crippen molar-refractivity contribution in [3.05, 3.63) is 34.5 Å². The number of benzene rings is 1. The zero-order valence-corrected chi connectivity index (χ0v) is 12.4. The minimum Gasteiger partial charge on any atom is -0.494 e. The molecule has 2 aromatic heterocycles. The third-order valence-corrected chi connectivity index (χ3v) is 4.89. The van der Waals surface area contributed by atoms with Crippen LogP contribution in [0.1, 0.15) is 22.4 Å². The standard InChI is InChI=1S/C17H18N2O2/c1-8-4-5-10-13-12(18-15(10)9(8)2)7-6-11-14(13)17(21)19(3)16(11)20/h4-5,18,20-21H,6-7H2,1-3H3. The van der Waals surface area contributed by atoms with Crippen LogP contribution in [0, 0.1) is 13.8 Å². The molecule has 0 atom stereocenters. The van der Waals surface area contributed by atoms with Gasteiger partial charge in [-0.15, -0.1) is 0 Å². The van der Waals surface area contributed by atoms with Crippen molar-refractivity contribution in [1.82, 2.24) is 9.55 Å². The van der Waals surface area contributed by atoms with Crippen molar-refractivity contribution in [1.29, 1.82) is 0 Å². The number of aromatic amines is 1. The maximum Gasteiger partial charge on any atom is 0.202 e. The van der Waals surface area contributed by atoms with E-state index in [9.17, 15) is 10.2 Å². The van der Waals surface area contributed by atoms with Crippen molar-refractivity contribution in [2.75, 3.05) is 0 Å². The first-order valence-electron chi connectivity index (χ1n) is 7.21. The Hall–Kier alpha value is -2.36. The Bertz CT molecular complexity index is 900. The smallest absolute Gasteiger partial charge is 0.202 e. The predicted octanol–water partition coefficient (Wildman–Crippen LogP) is 3.30. The summed E-state index contributed by atoms with van der Waals surface area (Å²) in [6.07, 6.45) is 1.60. The molecule has 0 fully saturated rings. The topological polar surface area (TPSA) is 61.2 Å². The molecule has 1 aromatic carbocycles. The quantitative estimate of drug-likeness (QED) is 0.592. The maximum atomic E-state index is 10.4. The molecule has 4 rings (SSSR count). The molecule has 4 nitrogen and oxygen atoms in total. The molecule has 0 bridgehead atoms. The molecule has 0 saturated heterocycles. The first kappa shape index (κ1) is 12.4. The van der Waals surface area contributed by atoms with E-state index in [4.69, 9.17) is 0 Å². The van der Waals surface area contributed by atoms with Crippen molar-refractivity contribution < 1.29 is 10.2 Å². The summed E-state index contributed by atoms with van der Waals surface area (Å²) in [6.45, 7) is 4.22. The highest BCUT2D eigenvalue weighted by molar-refractivity contribution is 6.02. The average molecular weight is 282 g/mol. The van der Waals surface area contributed by atoms with Crippen LogP contribution in [0.25, 0.3) is 22.0 Å². The summed E-state index contributed by atoms with van der Waals surface area (Å²) >= 11 is 0. The number of nitrogens with zero attached hydrogens (tertiary/aromatic N) is 1. The van der Waals surface area contributed by atoms with Crippen LogP contribution in [0.15, 0.2) is 12.1 Å². The Labute approximate surface area is 122 Å². The summed E-state index contributed by atoms with van der Waals surface area (Å²) < 4.78 is 1.46. The lowest BCUT2D eigenvalue weighted by atomic mass is 9.90. The van der Waals surface area contributed by atoms with Gasteiger partial charge in [0.1, 0.15) is 0 Å². The van der Waals surface area contributed by atoms with Crippen molar-refractivity contribution in [2.24, 2.45) is 7.05 Å². The molecule has 0 amide bonds. The van der Waals surface area contributed by atoms with Gasteiger partial charge >= 0.3 is 0 Å². The number of fused-ring (bicyclic) bond motifs is 5. The first-order chi connectivity index (χ1) is 10.0. The number of aryl methyl sites for hydroxylation is 3. The zero-order valence-electron chi connectivity index (χ0n) is 12.4. The van der Waals surface area contributed by atoms with Gasteiger partial charge < -0.3 is 15.2 Å². The third kappa shape index (κ3) is 1.39. The Morgan fingerprint density at radius 3 is 2.57 bits per heavy atom. The van der Waals surface area contributed by atoms with E-state index in [0.29, 0.717) is 0 Å². The first-order valence-corrected chi connectivity index (χ1v) is 7.21. The second-order valence-electron chi connectivity index (χ2n) is 5.97. The molecule has 2 heterocycles. The summed E-state index contributed by atoms with van der Waals surface area (Å²) in [4.78, 5) is 3.52. The van der Waals surface area contributed by atoms with Crippen molar-refractivity contribution in [3.63, 3.8) is 0 Å². The molecule has 0 spiro atoms. The van der Waals surface area contributed by atoms with E-state index < -0.39 is 0 Å². The molecule has 0 radical (unpaired) electrons. The fourth-order valence-corrected chi connectivity index (χ4v) is 3.50. The van der Waals surface area contributed by atoms with Crippen LogP contribution >= 0.6 is 0 Å². The van der Waals surface area contributed by atoms with E-state index in [1.165, 1.54) is 15.7 Å². The largest absolute Gasteiger partial charge is 0.494 e. The summed E-state index contributed by atoms with van der Waals surface area (Å²) in [6, 6.07) is 4.21. The van der Waals surface area contributed by atoms with Crippen LogP contribution in [-0.2, 0) is 19.9 Å². The SMILES string of the molecule is Cc1ccc2c3c([nH]c2c1C)CCc1c-3c(O)n(C)c1O. The molecule has 21 heavy (non-hydrogen) atoms. The molecule has 0 saturated carbocycles. The summed E-state index contributed by atoms with van der Waals surface area (Å²) in [5.41, 5.74) is 7.45. The van der Waals surface area contributed by atoms with Crippen molar-refractivity contribution in [3.8, 4) is 22.9 Å². The lowest BCUT2D eigenvalue weighted by molar-refractivity contribution is 0.385. The van der Waals surface area contributed by atoms with Gasteiger partial charge in [0.05, 0.1) is 5.56 Å². The maximum absolute atomic E-state index is 10.4. The summed E-state index contributed by atoms with van der Waals surface area (Å²) in [5, 5.41) is 21.7. The van der Waals surface area contributed by atoms with Gasteiger partial charge in [-0.05, 0) is 37.8 Å². The van der Waals surface area contributed by atoms with Gasteiger partial charge in [-0.1, -0.05) is 12.1 Å². The van der Waals surface area contributed by atoms with E-state index in [1.807, 2.05) is 0 Å². The van der Waals surface area contributed by atoms with Crippen LogP contribution in [-0.4, -0.2) is 19.8 Å². The molecule has 4 heteroatoms. The minimum atomic E-state index is 0.141. The number of nitrogens with one attached hydrogen (secondary N) is 1. The van der Waals surface area contributed by atoms with Crippen LogP contribution in [0.4, 0.5) is 0 Å². The van der Waals surface area contributed by atoms with Gasteiger partial charge in [0.25, 0.3) is 0 Å². The van der Waals surface area contributed by atoms with Gasteiger partial charge in [-0.25, -0.2) is 0 Å². The van der Waals surface area contributed by atoms with E-state index >= 15 is 0 Å². The average Bonchev–Trinajstić information content (AvgIpc) is 2.95. The van der Waals surface area contributed by atoms with E-state index in [2.05, 4.69) is 31.0 Å². The van der Waals surface area contributed by atoms with Crippen molar-refractivity contribution in [2.45, 2.75) is 26.7 Å². The van der Waals surface area contributed by atoms with Gasteiger partial charge in [0.15, 0.2) is 5.88 Å². The monoisotopic (exact) mass is 282 g/mol. The van der Waals surface area contributed by atoms with Crippen LogP contribution in [0.3, 0.4) is 0 Å². The lowest BCUT2D eigenvalue weighted by Crippen LogP contribution is -2.00. The number of hydrogen-bond donors (Lipinski definition) is 3. The van der Waals surface area contributed by atoms with Gasteiger partial charge in [-0.3, -0.25) is 4.57 Å².